The Morgan fingerprint density at radius 2 is 1.87 bits per heavy atom. The number of esters is 1. The lowest BCUT2D eigenvalue weighted by Crippen LogP contribution is -2.04. The highest BCUT2D eigenvalue weighted by molar-refractivity contribution is 6.31. The van der Waals surface area contributed by atoms with Crippen LogP contribution in [-0.4, -0.2) is 35.1 Å². The van der Waals surface area contributed by atoms with Crippen molar-refractivity contribution in [3.05, 3.63) is 69.5 Å². The van der Waals surface area contributed by atoms with E-state index in [1.807, 2.05) is 0 Å². The predicted molar refractivity (Wildman–Crippen MR) is 108 cm³/mol. The number of nitrogens with zero attached hydrogens (tertiary/aromatic N) is 3. The zero-order valence-corrected chi connectivity index (χ0v) is 16.5. The fourth-order valence-electron chi connectivity index (χ4n) is 2.49. The number of hydrogen-bond donors (Lipinski definition) is 1. The van der Waals surface area contributed by atoms with Gasteiger partial charge >= 0.3 is 17.5 Å². The van der Waals surface area contributed by atoms with Gasteiger partial charge in [0.2, 0.25) is 5.82 Å². The summed E-state index contributed by atoms with van der Waals surface area (Å²) in [6.07, 6.45) is 1.12. The van der Waals surface area contributed by atoms with E-state index in [9.17, 15) is 14.9 Å². The number of benzene rings is 2. The summed E-state index contributed by atoms with van der Waals surface area (Å²) in [5.74, 6) is -0.276. The molecule has 0 radical (unpaired) electrons. The molecule has 2 aromatic carbocycles. The van der Waals surface area contributed by atoms with Gasteiger partial charge in [-0.05, 0) is 42.5 Å². The molecule has 0 fully saturated rings. The molecule has 1 aromatic heterocycles. The third-order valence-electron chi connectivity index (χ3n) is 3.88. The maximum atomic E-state index is 11.7. The molecule has 0 spiro atoms. The maximum absolute atomic E-state index is 11.7. The van der Waals surface area contributed by atoms with E-state index in [1.54, 1.807) is 12.1 Å². The molecule has 3 rings (SSSR count). The van der Waals surface area contributed by atoms with Crippen LogP contribution in [-0.2, 0) is 4.74 Å². The predicted octanol–water partition coefficient (Wildman–Crippen LogP) is 4.37. The van der Waals surface area contributed by atoms with Gasteiger partial charge in [0.05, 0.1) is 30.4 Å². The molecular weight excluding hydrogens is 416 g/mol. The Morgan fingerprint density at radius 1 is 1.13 bits per heavy atom. The summed E-state index contributed by atoms with van der Waals surface area (Å²) in [5, 5.41) is 14.9. The van der Waals surface area contributed by atoms with E-state index in [2.05, 4.69) is 20.0 Å². The molecule has 1 N–H and O–H groups in total. The fraction of sp³-hybridized carbons (Fsp3) is 0.105. The van der Waals surface area contributed by atoms with E-state index >= 15 is 0 Å². The van der Waals surface area contributed by atoms with Crippen molar-refractivity contribution >= 4 is 34.8 Å². The van der Waals surface area contributed by atoms with Gasteiger partial charge in [0.1, 0.15) is 17.8 Å². The Kier molecular flexibility index (Phi) is 6.28. The van der Waals surface area contributed by atoms with Gasteiger partial charge in [0, 0.05) is 5.02 Å². The fourth-order valence-corrected chi connectivity index (χ4v) is 2.66. The molecule has 0 aliphatic rings. The molecule has 10 nitrogen and oxygen atoms in total. The molecule has 0 aliphatic carbocycles. The van der Waals surface area contributed by atoms with Gasteiger partial charge in [-0.2, -0.15) is 4.98 Å². The summed E-state index contributed by atoms with van der Waals surface area (Å²) in [6, 6.07) is 10.6. The first kappa shape index (κ1) is 20.8. The second kappa shape index (κ2) is 9.05. The zero-order valence-electron chi connectivity index (χ0n) is 15.8. The number of rotatable bonds is 7. The van der Waals surface area contributed by atoms with Crippen molar-refractivity contribution in [2.45, 2.75) is 0 Å². The number of nitro groups is 1. The molecule has 0 amide bonds. The molecule has 0 unspecified atom stereocenters. The topological polar surface area (TPSA) is 126 Å². The first-order valence-corrected chi connectivity index (χ1v) is 8.77. The lowest BCUT2D eigenvalue weighted by atomic mass is 10.2. The van der Waals surface area contributed by atoms with Crippen molar-refractivity contribution in [2.75, 3.05) is 19.5 Å². The van der Waals surface area contributed by atoms with Crippen LogP contribution < -0.4 is 14.8 Å². The van der Waals surface area contributed by atoms with Crippen LogP contribution in [0.25, 0.3) is 0 Å². The molecule has 30 heavy (non-hydrogen) atoms. The quantitative estimate of drug-likeness (QED) is 0.330. The minimum Gasteiger partial charge on any atom is -0.495 e. The van der Waals surface area contributed by atoms with Gasteiger partial charge in [-0.3, -0.25) is 10.1 Å². The largest absolute Gasteiger partial charge is 0.495 e. The maximum Gasteiger partial charge on any atom is 0.373 e. The molecule has 3 aromatic rings. The Hall–Kier alpha value is -3.92. The van der Waals surface area contributed by atoms with E-state index in [-0.39, 0.29) is 17.4 Å². The molecule has 154 valence electrons. The van der Waals surface area contributed by atoms with E-state index in [4.69, 9.17) is 21.1 Å². The molecule has 0 saturated carbocycles. The third-order valence-corrected chi connectivity index (χ3v) is 4.11. The summed E-state index contributed by atoms with van der Waals surface area (Å²) in [4.78, 5) is 30.4. The normalized spacial score (nSPS) is 10.2. The monoisotopic (exact) mass is 430 g/mol. The van der Waals surface area contributed by atoms with Gasteiger partial charge in [-0.1, -0.05) is 11.6 Å². The smallest absolute Gasteiger partial charge is 0.373 e. The molecular formula is C19H15ClN4O6. The van der Waals surface area contributed by atoms with Crippen molar-refractivity contribution in [1.29, 1.82) is 0 Å². The Labute approximate surface area is 175 Å². The van der Waals surface area contributed by atoms with Gasteiger partial charge in [-0.15, -0.1) is 0 Å². The molecule has 0 atom stereocenters. The van der Waals surface area contributed by atoms with Crippen molar-refractivity contribution in [2.24, 2.45) is 0 Å². The van der Waals surface area contributed by atoms with E-state index in [1.165, 1.54) is 44.6 Å². The van der Waals surface area contributed by atoms with Crippen LogP contribution in [0.1, 0.15) is 10.4 Å². The van der Waals surface area contributed by atoms with Crippen molar-refractivity contribution < 1.29 is 23.9 Å². The van der Waals surface area contributed by atoms with Crippen LogP contribution in [0.5, 0.6) is 17.4 Å². The van der Waals surface area contributed by atoms with Crippen molar-refractivity contribution in [1.82, 2.24) is 9.97 Å². The van der Waals surface area contributed by atoms with Crippen LogP contribution in [0, 0.1) is 10.1 Å². The van der Waals surface area contributed by atoms with E-state index in [0.717, 1.165) is 6.33 Å². The van der Waals surface area contributed by atoms with Gasteiger partial charge in [0.15, 0.2) is 0 Å². The lowest BCUT2D eigenvalue weighted by Gasteiger charge is -2.12. The van der Waals surface area contributed by atoms with Gasteiger partial charge < -0.3 is 19.5 Å². The van der Waals surface area contributed by atoms with Gasteiger partial charge in [0.25, 0.3) is 0 Å². The first-order valence-electron chi connectivity index (χ1n) is 8.39. The number of nitrogens with one attached hydrogen (secondary N) is 1. The Morgan fingerprint density at radius 3 is 2.50 bits per heavy atom. The Bertz CT molecular complexity index is 1090. The average molecular weight is 431 g/mol. The second-order valence-corrected chi connectivity index (χ2v) is 6.16. The summed E-state index contributed by atoms with van der Waals surface area (Å²) in [7, 11) is 2.72. The highest BCUT2D eigenvalue weighted by Gasteiger charge is 2.26. The molecule has 0 saturated heterocycles. The van der Waals surface area contributed by atoms with Crippen LogP contribution in [0.3, 0.4) is 0 Å². The van der Waals surface area contributed by atoms with Crippen molar-refractivity contribution in [3.63, 3.8) is 0 Å². The second-order valence-electron chi connectivity index (χ2n) is 5.72. The molecule has 11 heteroatoms. The minimum atomic E-state index is -0.669. The number of carbonyl (C=O) groups is 1. The van der Waals surface area contributed by atoms with Gasteiger partial charge in [-0.25, -0.2) is 9.78 Å². The number of carbonyl (C=O) groups excluding carboxylic acids is 1. The number of hydrogen-bond acceptors (Lipinski definition) is 9. The Balaban J connectivity index is 1.95. The average Bonchev–Trinajstić information content (AvgIpc) is 2.74. The number of methoxy groups -OCH3 is 2. The van der Waals surface area contributed by atoms with Crippen molar-refractivity contribution in [3.8, 4) is 17.4 Å². The molecule has 0 bridgehead atoms. The lowest BCUT2D eigenvalue weighted by molar-refractivity contribution is -0.385. The van der Waals surface area contributed by atoms with Crippen LogP contribution in [0.4, 0.5) is 17.2 Å². The third kappa shape index (κ3) is 4.55. The molecule has 1 heterocycles. The summed E-state index contributed by atoms with van der Waals surface area (Å²) in [5.41, 5.74) is 0.189. The SMILES string of the molecule is COC(=O)c1ccc(Oc2ncnc(Nc3cc(Cl)ccc3OC)c2[N+](=O)[O-])cc1. The minimum absolute atomic E-state index is 0.114. The van der Waals surface area contributed by atoms with Crippen LogP contribution >= 0.6 is 11.6 Å². The number of ether oxygens (including phenoxy) is 3. The number of anilines is 2. The zero-order chi connectivity index (χ0) is 21.7. The summed E-state index contributed by atoms with van der Waals surface area (Å²) >= 11 is 6.01. The van der Waals surface area contributed by atoms with E-state index < -0.39 is 16.6 Å². The number of halogens is 1. The number of aromatic nitrogens is 2. The summed E-state index contributed by atoms with van der Waals surface area (Å²) in [6.45, 7) is 0. The first-order chi connectivity index (χ1) is 14.4. The van der Waals surface area contributed by atoms with Crippen LogP contribution in [0.15, 0.2) is 48.8 Å². The van der Waals surface area contributed by atoms with E-state index in [0.29, 0.717) is 22.0 Å². The molecule has 0 aliphatic heterocycles. The van der Waals surface area contributed by atoms with Crippen LogP contribution in [0.2, 0.25) is 5.02 Å². The highest BCUT2D eigenvalue weighted by atomic mass is 35.5. The standard InChI is InChI=1S/C19H15ClN4O6/c1-28-15-8-5-12(20)9-14(15)23-17-16(24(26)27)18(22-10-21-17)30-13-6-3-11(4-7-13)19(25)29-2/h3-10H,1-2H3,(H,21,22,23). The summed E-state index contributed by atoms with van der Waals surface area (Å²) < 4.78 is 15.4. The highest BCUT2D eigenvalue weighted by Crippen LogP contribution is 2.38.